The normalized spacial score (nSPS) is 11.0. The number of carbonyl (C=O) groups is 1. The Labute approximate surface area is 133 Å². The zero-order valence-electron chi connectivity index (χ0n) is 10.5. The van der Waals surface area contributed by atoms with Crippen LogP contribution in [0.3, 0.4) is 0 Å². The molecule has 0 saturated heterocycles. The molecule has 0 radical (unpaired) electrons. The molecule has 3 rings (SSSR count). The van der Waals surface area contributed by atoms with Gasteiger partial charge in [0.2, 0.25) is 0 Å². The highest BCUT2D eigenvalue weighted by atomic mass is 35.5. The van der Waals surface area contributed by atoms with Crippen molar-refractivity contribution < 1.29 is 9.53 Å². The third-order valence-corrected chi connectivity index (χ3v) is 4.34. The van der Waals surface area contributed by atoms with E-state index in [1.807, 2.05) is 16.0 Å². The number of esters is 1. The Balaban J connectivity index is 1.76. The zero-order chi connectivity index (χ0) is 15.0. The van der Waals surface area contributed by atoms with Crippen molar-refractivity contribution in [1.29, 1.82) is 0 Å². The maximum absolute atomic E-state index is 12.0. The maximum atomic E-state index is 12.0. The van der Waals surface area contributed by atoms with E-state index in [0.717, 1.165) is 4.96 Å². The van der Waals surface area contributed by atoms with Crippen molar-refractivity contribution in [3.05, 3.63) is 51.2 Å². The van der Waals surface area contributed by atoms with E-state index in [2.05, 4.69) is 4.98 Å². The van der Waals surface area contributed by atoms with E-state index in [-0.39, 0.29) is 22.2 Å². The quantitative estimate of drug-likeness (QED) is 0.583. The van der Waals surface area contributed by atoms with Crippen LogP contribution in [-0.4, -0.2) is 15.4 Å². The lowest BCUT2D eigenvalue weighted by molar-refractivity contribution is 0.0468. The first-order valence-electron chi connectivity index (χ1n) is 5.87. The van der Waals surface area contributed by atoms with Gasteiger partial charge >= 0.3 is 5.97 Å². The van der Waals surface area contributed by atoms with Gasteiger partial charge in [0.1, 0.15) is 6.61 Å². The van der Waals surface area contributed by atoms with Gasteiger partial charge in [0.15, 0.2) is 4.96 Å². The Hall–Kier alpha value is -1.76. The van der Waals surface area contributed by atoms with Gasteiger partial charge < -0.3 is 10.5 Å². The summed E-state index contributed by atoms with van der Waals surface area (Å²) in [5.41, 5.74) is 6.79. The minimum atomic E-state index is -0.592. The lowest BCUT2D eigenvalue weighted by Crippen LogP contribution is -2.07. The molecule has 21 heavy (non-hydrogen) atoms. The van der Waals surface area contributed by atoms with E-state index in [4.69, 9.17) is 33.7 Å². The van der Waals surface area contributed by atoms with Crippen molar-refractivity contribution in [1.82, 2.24) is 9.38 Å². The Morgan fingerprint density at radius 1 is 1.43 bits per heavy atom. The molecule has 2 N–H and O–H groups in total. The fraction of sp³-hybridized carbons (Fsp3) is 0.0769. The summed E-state index contributed by atoms with van der Waals surface area (Å²) in [6.45, 7) is 0.0516. The molecule has 0 aliphatic carbocycles. The van der Waals surface area contributed by atoms with E-state index in [1.165, 1.54) is 23.5 Å². The molecule has 0 aliphatic rings. The van der Waals surface area contributed by atoms with E-state index >= 15 is 0 Å². The second-order valence-electron chi connectivity index (χ2n) is 4.27. The molecule has 0 saturated carbocycles. The summed E-state index contributed by atoms with van der Waals surface area (Å²) in [5, 5.41) is 2.26. The molecule has 5 nitrogen and oxygen atoms in total. The summed E-state index contributed by atoms with van der Waals surface area (Å²) in [7, 11) is 0. The van der Waals surface area contributed by atoms with Crippen molar-refractivity contribution in [2.24, 2.45) is 0 Å². The highest BCUT2D eigenvalue weighted by molar-refractivity contribution is 7.15. The van der Waals surface area contributed by atoms with Crippen molar-refractivity contribution in [2.45, 2.75) is 6.61 Å². The zero-order valence-corrected chi connectivity index (χ0v) is 12.9. The SMILES string of the molecule is Nc1cc(Cl)c(Cl)c(C(=O)OCc2cn3ccsc3n2)c1. The van der Waals surface area contributed by atoms with Crippen LogP contribution in [0.15, 0.2) is 29.9 Å². The van der Waals surface area contributed by atoms with Crippen molar-refractivity contribution in [2.75, 3.05) is 5.73 Å². The van der Waals surface area contributed by atoms with Gasteiger partial charge in [-0.1, -0.05) is 23.2 Å². The number of carbonyl (C=O) groups excluding carboxylic acids is 1. The minimum Gasteiger partial charge on any atom is -0.455 e. The third kappa shape index (κ3) is 2.83. The van der Waals surface area contributed by atoms with Gasteiger partial charge in [0.05, 0.1) is 21.3 Å². The molecule has 108 valence electrons. The van der Waals surface area contributed by atoms with Crippen molar-refractivity contribution in [3.63, 3.8) is 0 Å². The number of nitrogen functional groups attached to an aromatic ring is 1. The molecule has 0 aliphatic heterocycles. The fourth-order valence-corrected chi connectivity index (χ4v) is 2.95. The molecule has 0 atom stereocenters. The molecule has 0 amide bonds. The number of hydrogen-bond donors (Lipinski definition) is 1. The average Bonchev–Trinajstić information content (AvgIpc) is 3.01. The number of benzene rings is 1. The van der Waals surface area contributed by atoms with Gasteiger partial charge in [-0.2, -0.15) is 0 Å². The summed E-state index contributed by atoms with van der Waals surface area (Å²) in [5.74, 6) is -0.592. The predicted molar refractivity (Wildman–Crippen MR) is 83.1 cm³/mol. The first-order valence-corrected chi connectivity index (χ1v) is 7.51. The Bertz CT molecular complexity index is 800. The summed E-state index contributed by atoms with van der Waals surface area (Å²) < 4.78 is 7.05. The van der Waals surface area contributed by atoms with Crippen LogP contribution in [0, 0.1) is 0 Å². The van der Waals surface area contributed by atoms with Crippen LogP contribution in [0.25, 0.3) is 4.96 Å². The average molecular weight is 342 g/mol. The summed E-state index contributed by atoms with van der Waals surface area (Å²) >= 11 is 13.4. The number of nitrogens with zero attached hydrogens (tertiary/aromatic N) is 2. The second-order valence-corrected chi connectivity index (χ2v) is 5.92. The number of nitrogens with two attached hydrogens (primary N) is 1. The smallest absolute Gasteiger partial charge is 0.340 e. The molecule has 2 heterocycles. The number of aromatic nitrogens is 2. The summed E-state index contributed by atoms with van der Waals surface area (Å²) in [4.78, 5) is 17.2. The number of halogens is 2. The van der Waals surface area contributed by atoms with Crippen molar-refractivity contribution in [3.8, 4) is 0 Å². The first kappa shape index (κ1) is 14.2. The second kappa shape index (κ2) is 5.55. The molecular weight excluding hydrogens is 333 g/mol. The Kier molecular flexibility index (Phi) is 3.75. The molecular formula is C13H9Cl2N3O2S. The number of rotatable bonds is 3. The fourth-order valence-electron chi connectivity index (χ4n) is 1.82. The van der Waals surface area contributed by atoms with Crippen LogP contribution in [0.5, 0.6) is 0 Å². The molecule has 0 fully saturated rings. The van der Waals surface area contributed by atoms with E-state index in [9.17, 15) is 4.79 Å². The number of fused-ring (bicyclic) bond motifs is 1. The largest absolute Gasteiger partial charge is 0.455 e. The lowest BCUT2D eigenvalue weighted by atomic mass is 10.2. The van der Waals surface area contributed by atoms with Crippen LogP contribution in [0.2, 0.25) is 10.0 Å². The van der Waals surface area contributed by atoms with Gasteiger partial charge in [0, 0.05) is 23.5 Å². The Morgan fingerprint density at radius 2 is 2.24 bits per heavy atom. The van der Waals surface area contributed by atoms with Crippen LogP contribution in [0.1, 0.15) is 16.1 Å². The minimum absolute atomic E-state index is 0.0516. The van der Waals surface area contributed by atoms with E-state index in [0.29, 0.717) is 11.4 Å². The molecule has 0 bridgehead atoms. The van der Waals surface area contributed by atoms with Gasteiger partial charge in [-0.25, -0.2) is 9.78 Å². The van der Waals surface area contributed by atoms with Gasteiger partial charge in [-0.15, -0.1) is 11.3 Å². The Morgan fingerprint density at radius 3 is 3.00 bits per heavy atom. The number of anilines is 1. The molecule has 1 aromatic carbocycles. The van der Waals surface area contributed by atoms with Gasteiger partial charge in [-0.3, -0.25) is 4.40 Å². The van der Waals surface area contributed by atoms with Crippen LogP contribution in [-0.2, 0) is 11.3 Å². The molecule has 0 spiro atoms. The van der Waals surface area contributed by atoms with E-state index in [1.54, 1.807) is 6.20 Å². The number of thiazole rings is 1. The van der Waals surface area contributed by atoms with Crippen molar-refractivity contribution >= 4 is 51.2 Å². The third-order valence-electron chi connectivity index (χ3n) is 2.76. The van der Waals surface area contributed by atoms with Gasteiger partial charge in [-0.05, 0) is 12.1 Å². The first-order chi connectivity index (χ1) is 10.0. The molecule has 0 unspecified atom stereocenters. The molecule has 3 aromatic rings. The topological polar surface area (TPSA) is 69.6 Å². The van der Waals surface area contributed by atoms with Crippen LogP contribution in [0.4, 0.5) is 5.69 Å². The van der Waals surface area contributed by atoms with Gasteiger partial charge in [0.25, 0.3) is 0 Å². The number of ether oxygens (including phenoxy) is 1. The number of imidazole rings is 1. The summed E-state index contributed by atoms with van der Waals surface area (Å²) in [6, 6.07) is 2.91. The highest BCUT2D eigenvalue weighted by Gasteiger charge is 2.16. The standard InChI is InChI=1S/C13H9Cl2N3O2S/c14-10-4-7(16)3-9(11(10)15)12(19)20-6-8-5-18-1-2-21-13(18)17-8/h1-5H,6,16H2. The van der Waals surface area contributed by atoms with Crippen LogP contribution < -0.4 is 5.73 Å². The maximum Gasteiger partial charge on any atom is 0.340 e. The summed E-state index contributed by atoms with van der Waals surface area (Å²) in [6.07, 6.45) is 3.68. The predicted octanol–water partition coefficient (Wildman–Crippen LogP) is 3.64. The molecule has 2 aromatic heterocycles. The molecule has 8 heteroatoms. The van der Waals surface area contributed by atoms with E-state index < -0.39 is 5.97 Å². The van der Waals surface area contributed by atoms with Crippen LogP contribution >= 0.6 is 34.5 Å². The number of hydrogen-bond acceptors (Lipinski definition) is 5. The monoisotopic (exact) mass is 341 g/mol. The lowest BCUT2D eigenvalue weighted by Gasteiger charge is -2.07. The highest BCUT2D eigenvalue weighted by Crippen LogP contribution is 2.29.